The SMILES string of the molecule is CCC(=O)c1ccc(Cc2nc3c(c(OC4CCCC4)n2)C(c2ccc(C(=O)N(C)C)cc2)=CC3)c(OC)c1. The monoisotopic (exact) mass is 525 g/mol. The van der Waals surface area contributed by atoms with Gasteiger partial charge in [-0.05, 0) is 55.0 Å². The van der Waals surface area contributed by atoms with Crippen molar-refractivity contribution in [1.82, 2.24) is 14.9 Å². The van der Waals surface area contributed by atoms with Crippen LogP contribution in [-0.4, -0.2) is 53.9 Å². The van der Waals surface area contributed by atoms with Gasteiger partial charge in [0.05, 0.1) is 18.4 Å². The van der Waals surface area contributed by atoms with Crippen LogP contribution in [0.4, 0.5) is 0 Å². The molecule has 0 spiro atoms. The molecule has 2 aliphatic rings. The topological polar surface area (TPSA) is 81.6 Å². The standard InChI is InChI=1S/C32H35N3O4/c1-5-27(36)22-14-15-23(28(18-22)38-4)19-29-33-26-17-16-25(20-10-12-21(13-11-20)32(37)35(2)3)30(26)31(34-29)39-24-8-6-7-9-24/h10-16,18,24H,5-9,17,19H2,1-4H3. The summed E-state index contributed by atoms with van der Waals surface area (Å²) in [4.78, 5) is 36.0. The number of amides is 1. The number of fused-ring (bicyclic) bond motifs is 1. The van der Waals surface area contributed by atoms with Crippen molar-refractivity contribution in [3.05, 3.63) is 87.9 Å². The second-order valence-corrected chi connectivity index (χ2v) is 10.4. The number of carbonyl (C=O) groups excluding carboxylic acids is 2. The molecule has 0 radical (unpaired) electrons. The number of hydrogen-bond acceptors (Lipinski definition) is 6. The zero-order chi connectivity index (χ0) is 27.5. The lowest BCUT2D eigenvalue weighted by Crippen LogP contribution is -2.21. The lowest BCUT2D eigenvalue weighted by molar-refractivity contribution is 0.0827. The minimum atomic E-state index is -0.0249. The first kappa shape index (κ1) is 26.6. The fourth-order valence-electron chi connectivity index (χ4n) is 5.33. The van der Waals surface area contributed by atoms with E-state index in [1.807, 2.05) is 43.3 Å². The maximum atomic E-state index is 12.4. The van der Waals surface area contributed by atoms with Crippen LogP contribution < -0.4 is 9.47 Å². The molecule has 0 saturated heterocycles. The van der Waals surface area contributed by atoms with Gasteiger partial charge in [0.2, 0.25) is 5.88 Å². The summed E-state index contributed by atoms with van der Waals surface area (Å²) in [5, 5.41) is 0. The third-order valence-corrected chi connectivity index (χ3v) is 7.47. The molecule has 7 heteroatoms. The lowest BCUT2D eigenvalue weighted by atomic mass is 9.99. The van der Waals surface area contributed by atoms with Gasteiger partial charge < -0.3 is 14.4 Å². The van der Waals surface area contributed by atoms with Gasteiger partial charge in [-0.3, -0.25) is 9.59 Å². The van der Waals surface area contributed by atoms with Gasteiger partial charge in [0.1, 0.15) is 17.7 Å². The van der Waals surface area contributed by atoms with Crippen molar-refractivity contribution in [2.45, 2.75) is 58.0 Å². The number of allylic oxidation sites excluding steroid dienone is 1. The normalized spacial score (nSPS) is 14.6. The Labute approximate surface area is 229 Å². The average molecular weight is 526 g/mol. The maximum Gasteiger partial charge on any atom is 0.253 e. The fraction of sp³-hybridized carbons (Fsp3) is 0.375. The Balaban J connectivity index is 1.49. The Bertz CT molecular complexity index is 1420. The van der Waals surface area contributed by atoms with E-state index >= 15 is 0 Å². The zero-order valence-electron chi connectivity index (χ0n) is 23.1. The number of ether oxygens (including phenoxy) is 2. The third kappa shape index (κ3) is 5.58. The van der Waals surface area contributed by atoms with Crippen LogP contribution in [0.15, 0.2) is 48.5 Å². The van der Waals surface area contributed by atoms with Gasteiger partial charge in [0.15, 0.2) is 5.78 Å². The largest absolute Gasteiger partial charge is 0.496 e. The fourth-order valence-corrected chi connectivity index (χ4v) is 5.33. The molecule has 0 bridgehead atoms. The Morgan fingerprint density at radius 1 is 1.00 bits per heavy atom. The number of nitrogens with zero attached hydrogens (tertiary/aromatic N) is 3. The summed E-state index contributed by atoms with van der Waals surface area (Å²) in [5.41, 5.74) is 6.14. The number of hydrogen-bond donors (Lipinski definition) is 0. The Morgan fingerprint density at radius 2 is 1.72 bits per heavy atom. The molecule has 0 atom stereocenters. The van der Waals surface area contributed by atoms with Crippen molar-refractivity contribution in [3.8, 4) is 11.6 Å². The van der Waals surface area contributed by atoms with Crippen LogP contribution in [0.2, 0.25) is 0 Å². The summed E-state index contributed by atoms with van der Waals surface area (Å²) in [6.07, 6.45) is 8.28. The van der Waals surface area contributed by atoms with Crippen LogP contribution in [0.3, 0.4) is 0 Å². The second kappa shape index (κ2) is 11.4. The molecule has 3 aromatic rings. The Morgan fingerprint density at radius 3 is 2.38 bits per heavy atom. The van der Waals surface area contributed by atoms with E-state index in [4.69, 9.17) is 19.4 Å². The van der Waals surface area contributed by atoms with E-state index in [1.165, 1.54) is 0 Å². The van der Waals surface area contributed by atoms with Gasteiger partial charge in [-0.2, -0.15) is 4.98 Å². The van der Waals surface area contributed by atoms with E-state index in [9.17, 15) is 9.59 Å². The summed E-state index contributed by atoms with van der Waals surface area (Å²) >= 11 is 0. The highest BCUT2D eigenvalue weighted by atomic mass is 16.5. The average Bonchev–Trinajstić information content (AvgIpc) is 3.62. The lowest BCUT2D eigenvalue weighted by Gasteiger charge is -2.18. The van der Waals surface area contributed by atoms with Crippen molar-refractivity contribution < 1.29 is 19.1 Å². The van der Waals surface area contributed by atoms with Crippen LogP contribution in [0.1, 0.15) is 88.0 Å². The van der Waals surface area contributed by atoms with Crippen LogP contribution in [0.25, 0.3) is 5.57 Å². The molecule has 7 nitrogen and oxygen atoms in total. The summed E-state index contributed by atoms with van der Waals surface area (Å²) in [5.74, 6) is 2.00. The highest BCUT2D eigenvalue weighted by Gasteiger charge is 2.28. The van der Waals surface area contributed by atoms with Gasteiger partial charge >= 0.3 is 0 Å². The first-order valence-electron chi connectivity index (χ1n) is 13.7. The van der Waals surface area contributed by atoms with E-state index in [2.05, 4.69) is 6.08 Å². The van der Waals surface area contributed by atoms with Crippen LogP contribution in [0.5, 0.6) is 11.6 Å². The first-order valence-corrected chi connectivity index (χ1v) is 13.7. The number of aromatic nitrogens is 2. The van der Waals surface area contributed by atoms with Crippen molar-refractivity contribution in [2.24, 2.45) is 0 Å². The van der Waals surface area contributed by atoms with Gasteiger partial charge in [-0.25, -0.2) is 4.98 Å². The molecule has 2 aromatic carbocycles. The highest BCUT2D eigenvalue weighted by molar-refractivity contribution is 5.96. The predicted octanol–water partition coefficient (Wildman–Crippen LogP) is 5.68. The first-order chi connectivity index (χ1) is 18.9. The molecule has 2 aliphatic carbocycles. The van der Waals surface area contributed by atoms with E-state index in [0.717, 1.165) is 53.6 Å². The summed E-state index contributed by atoms with van der Waals surface area (Å²) in [6.45, 7) is 1.85. The Hall–Kier alpha value is -4.00. The molecule has 39 heavy (non-hydrogen) atoms. The van der Waals surface area contributed by atoms with E-state index in [1.54, 1.807) is 32.2 Å². The summed E-state index contributed by atoms with van der Waals surface area (Å²) in [7, 11) is 5.12. The van der Waals surface area contributed by atoms with Crippen molar-refractivity contribution in [3.63, 3.8) is 0 Å². The van der Waals surface area contributed by atoms with Crippen molar-refractivity contribution in [1.29, 1.82) is 0 Å². The minimum absolute atomic E-state index is 0.0249. The molecule has 1 saturated carbocycles. The number of Topliss-reactive ketones (excluding diaryl/α,β-unsaturated/α-hetero) is 1. The molecular formula is C32H35N3O4. The molecule has 1 aromatic heterocycles. The van der Waals surface area contributed by atoms with Crippen LogP contribution >= 0.6 is 0 Å². The highest BCUT2D eigenvalue weighted by Crippen LogP contribution is 2.39. The molecule has 202 valence electrons. The molecule has 0 aliphatic heterocycles. The van der Waals surface area contributed by atoms with Crippen LogP contribution in [-0.2, 0) is 12.8 Å². The predicted molar refractivity (Wildman–Crippen MR) is 151 cm³/mol. The summed E-state index contributed by atoms with van der Waals surface area (Å²) < 4.78 is 12.2. The van der Waals surface area contributed by atoms with E-state index in [0.29, 0.717) is 47.8 Å². The number of benzene rings is 2. The maximum absolute atomic E-state index is 12.4. The van der Waals surface area contributed by atoms with Crippen molar-refractivity contribution >= 4 is 17.3 Å². The number of methoxy groups -OCH3 is 1. The van der Waals surface area contributed by atoms with Crippen molar-refractivity contribution in [2.75, 3.05) is 21.2 Å². The number of carbonyl (C=O) groups is 2. The number of ketones is 1. The van der Waals surface area contributed by atoms with Gasteiger partial charge in [-0.15, -0.1) is 0 Å². The minimum Gasteiger partial charge on any atom is -0.496 e. The zero-order valence-corrected chi connectivity index (χ0v) is 23.1. The van der Waals surface area contributed by atoms with Gasteiger partial charge in [0, 0.05) is 50.0 Å². The second-order valence-electron chi connectivity index (χ2n) is 10.4. The smallest absolute Gasteiger partial charge is 0.253 e. The van der Waals surface area contributed by atoms with Crippen LogP contribution in [0, 0.1) is 0 Å². The molecule has 1 heterocycles. The van der Waals surface area contributed by atoms with E-state index < -0.39 is 0 Å². The Kier molecular flexibility index (Phi) is 7.77. The van der Waals surface area contributed by atoms with Gasteiger partial charge in [0.25, 0.3) is 5.91 Å². The molecule has 0 unspecified atom stereocenters. The molecular weight excluding hydrogens is 490 g/mol. The molecule has 5 rings (SSSR count). The molecule has 1 fully saturated rings. The van der Waals surface area contributed by atoms with Gasteiger partial charge in [-0.1, -0.05) is 37.3 Å². The molecule has 1 amide bonds. The van der Waals surface area contributed by atoms with E-state index in [-0.39, 0.29) is 17.8 Å². The quantitative estimate of drug-likeness (QED) is 0.334. The third-order valence-electron chi connectivity index (χ3n) is 7.47. The number of rotatable bonds is 9. The molecule has 0 N–H and O–H groups in total. The summed E-state index contributed by atoms with van der Waals surface area (Å²) in [6, 6.07) is 13.3.